The second-order valence-corrected chi connectivity index (χ2v) is 4.03. The molecule has 0 saturated carbocycles. The van der Waals surface area contributed by atoms with Crippen molar-refractivity contribution in [2.75, 3.05) is 13.7 Å². The SMILES string of the molecule is CCNC1CCCc2c(OC)cccc21.Cl. The van der Waals surface area contributed by atoms with Crippen LogP contribution < -0.4 is 10.1 Å². The largest absolute Gasteiger partial charge is 0.496 e. The highest BCUT2D eigenvalue weighted by Gasteiger charge is 2.21. The Hall–Kier alpha value is -0.730. The highest BCUT2D eigenvalue weighted by atomic mass is 35.5. The molecule has 1 aromatic rings. The van der Waals surface area contributed by atoms with Crippen LogP contribution in [-0.4, -0.2) is 13.7 Å². The minimum Gasteiger partial charge on any atom is -0.496 e. The monoisotopic (exact) mass is 241 g/mol. The van der Waals surface area contributed by atoms with Gasteiger partial charge in [0.1, 0.15) is 5.75 Å². The van der Waals surface area contributed by atoms with Gasteiger partial charge in [-0.1, -0.05) is 19.1 Å². The Bertz CT molecular complexity index is 341. The van der Waals surface area contributed by atoms with Crippen LogP contribution in [0.4, 0.5) is 0 Å². The number of fused-ring (bicyclic) bond motifs is 1. The molecular formula is C13H20ClNO. The van der Waals surface area contributed by atoms with Gasteiger partial charge in [0.25, 0.3) is 0 Å². The standard InChI is InChI=1S/C13H19NO.ClH/c1-3-14-12-8-4-7-11-10(12)6-5-9-13(11)15-2;/h5-6,9,12,14H,3-4,7-8H2,1-2H3;1H. The Kier molecular flexibility index (Phi) is 5.10. The van der Waals surface area contributed by atoms with Crippen LogP contribution in [0.5, 0.6) is 5.75 Å². The molecule has 0 aliphatic heterocycles. The van der Waals surface area contributed by atoms with Crippen LogP contribution in [0.15, 0.2) is 18.2 Å². The third kappa shape index (κ3) is 2.50. The fourth-order valence-corrected chi connectivity index (χ4v) is 2.46. The van der Waals surface area contributed by atoms with Crippen molar-refractivity contribution in [1.82, 2.24) is 5.32 Å². The van der Waals surface area contributed by atoms with E-state index >= 15 is 0 Å². The maximum Gasteiger partial charge on any atom is 0.122 e. The van der Waals surface area contributed by atoms with Gasteiger partial charge in [-0.3, -0.25) is 0 Å². The van der Waals surface area contributed by atoms with Gasteiger partial charge in [-0.25, -0.2) is 0 Å². The lowest BCUT2D eigenvalue weighted by Crippen LogP contribution is -2.25. The number of hydrogen-bond acceptors (Lipinski definition) is 2. The van der Waals surface area contributed by atoms with Gasteiger partial charge in [0, 0.05) is 6.04 Å². The van der Waals surface area contributed by atoms with Crippen molar-refractivity contribution in [3.05, 3.63) is 29.3 Å². The molecular weight excluding hydrogens is 222 g/mol. The number of rotatable bonds is 3. The van der Waals surface area contributed by atoms with E-state index in [0.717, 1.165) is 18.7 Å². The topological polar surface area (TPSA) is 21.3 Å². The minimum atomic E-state index is 0. The average molecular weight is 242 g/mol. The van der Waals surface area contributed by atoms with E-state index in [9.17, 15) is 0 Å². The van der Waals surface area contributed by atoms with Crippen LogP contribution in [0, 0.1) is 0 Å². The lowest BCUT2D eigenvalue weighted by Gasteiger charge is -2.27. The molecule has 1 aromatic carbocycles. The highest BCUT2D eigenvalue weighted by Crippen LogP contribution is 2.34. The predicted octanol–water partition coefficient (Wildman–Crippen LogP) is 3.10. The quantitative estimate of drug-likeness (QED) is 0.878. The van der Waals surface area contributed by atoms with Gasteiger partial charge in [-0.2, -0.15) is 0 Å². The molecule has 0 bridgehead atoms. The number of halogens is 1. The number of hydrogen-bond donors (Lipinski definition) is 1. The second kappa shape index (κ2) is 6.12. The van der Waals surface area contributed by atoms with E-state index in [1.807, 2.05) is 0 Å². The van der Waals surface area contributed by atoms with Crippen LogP contribution >= 0.6 is 12.4 Å². The van der Waals surface area contributed by atoms with E-state index in [4.69, 9.17) is 4.74 Å². The smallest absolute Gasteiger partial charge is 0.122 e. The summed E-state index contributed by atoms with van der Waals surface area (Å²) in [6, 6.07) is 6.90. The Labute approximate surface area is 104 Å². The van der Waals surface area contributed by atoms with Crippen molar-refractivity contribution in [2.24, 2.45) is 0 Å². The molecule has 0 amide bonds. The summed E-state index contributed by atoms with van der Waals surface area (Å²) in [5, 5.41) is 3.54. The first kappa shape index (κ1) is 13.3. The third-order valence-corrected chi connectivity index (χ3v) is 3.13. The fourth-order valence-electron chi connectivity index (χ4n) is 2.46. The summed E-state index contributed by atoms with van der Waals surface area (Å²) >= 11 is 0. The Morgan fingerprint density at radius 2 is 2.25 bits per heavy atom. The summed E-state index contributed by atoms with van der Waals surface area (Å²) in [5.74, 6) is 1.05. The molecule has 0 radical (unpaired) electrons. The van der Waals surface area contributed by atoms with Crippen LogP contribution in [0.3, 0.4) is 0 Å². The summed E-state index contributed by atoms with van der Waals surface area (Å²) in [6.07, 6.45) is 3.65. The van der Waals surface area contributed by atoms with Gasteiger partial charge in [-0.05, 0) is 43.0 Å². The van der Waals surface area contributed by atoms with Crippen LogP contribution in [0.1, 0.15) is 36.9 Å². The molecule has 1 N–H and O–H groups in total. The van der Waals surface area contributed by atoms with Crippen molar-refractivity contribution in [3.8, 4) is 5.75 Å². The maximum absolute atomic E-state index is 5.41. The fraction of sp³-hybridized carbons (Fsp3) is 0.538. The number of nitrogens with one attached hydrogen (secondary N) is 1. The first-order valence-corrected chi connectivity index (χ1v) is 5.76. The Morgan fingerprint density at radius 1 is 1.44 bits per heavy atom. The van der Waals surface area contributed by atoms with Crippen LogP contribution in [0.2, 0.25) is 0 Å². The van der Waals surface area contributed by atoms with Gasteiger partial charge < -0.3 is 10.1 Å². The zero-order valence-corrected chi connectivity index (χ0v) is 10.8. The third-order valence-electron chi connectivity index (χ3n) is 3.13. The molecule has 1 aliphatic rings. The van der Waals surface area contributed by atoms with Crippen molar-refractivity contribution in [2.45, 2.75) is 32.2 Å². The molecule has 2 rings (SSSR count). The zero-order chi connectivity index (χ0) is 10.7. The molecule has 0 heterocycles. The number of methoxy groups -OCH3 is 1. The molecule has 16 heavy (non-hydrogen) atoms. The van der Waals surface area contributed by atoms with Gasteiger partial charge in [0.2, 0.25) is 0 Å². The Morgan fingerprint density at radius 3 is 2.94 bits per heavy atom. The summed E-state index contributed by atoms with van der Waals surface area (Å²) in [4.78, 5) is 0. The first-order chi connectivity index (χ1) is 7.36. The molecule has 1 aliphatic carbocycles. The van der Waals surface area contributed by atoms with Gasteiger partial charge in [0.05, 0.1) is 7.11 Å². The van der Waals surface area contributed by atoms with Gasteiger partial charge >= 0.3 is 0 Å². The normalized spacial score (nSPS) is 18.5. The first-order valence-electron chi connectivity index (χ1n) is 5.76. The molecule has 2 nitrogen and oxygen atoms in total. The molecule has 3 heteroatoms. The summed E-state index contributed by atoms with van der Waals surface area (Å²) < 4.78 is 5.41. The summed E-state index contributed by atoms with van der Waals surface area (Å²) in [5.41, 5.74) is 2.83. The summed E-state index contributed by atoms with van der Waals surface area (Å²) in [6.45, 7) is 3.19. The summed E-state index contributed by atoms with van der Waals surface area (Å²) in [7, 11) is 1.76. The van der Waals surface area contributed by atoms with E-state index < -0.39 is 0 Å². The zero-order valence-electron chi connectivity index (χ0n) is 9.95. The van der Waals surface area contributed by atoms with Crippen molar-refractivity contribution >= 4 is 12.4 Å². The van der Waals surface area contributed by atoms with Crippen molar-refractivity contribution in [1.29, 1.82) is 0 Å². The Balaban J connectivity index is 0.00000128. The molecule has 90 valence electrons. The van der Waals surface area contributed by atoms with E-state index in [1.165, 1.54) is 24.0 Å². The van der Waals surface area contributed by atoms with Crippen LogP contribution in [0.25, 0.3) is 0 Å². The highest BCUT2D eigenvalue weighted by molar-refractivity contribution is 5.85. The molecule has 1 unspecified atom stereocenters. The van der Waals surface area contributed by atoms with E-state index in [1.54, 1.807) is 7.11 Å². The van der Waals surface area contributed by atoms with Crippen molar-refractivity contribution < 1.29 is 4.74 Å². The molecule has 0 aromatic heterocycles. The van der Waals surface area contributed by atoms with Gasteiger partial charge in [0.15, 0.2) is 0 Å². The molecule has 0 saturated heterocycles. The number of ether oxygens (including phenoxy) is 1. The predicted molar refractivity (Wildman–Crippen MR) is 69.6 cm³/mol. The lowest BCUT2D eigenvalue weighted by atomic mass is 9.87. The molecule has 0 spiro atoms. The van der Waals surface area contributed by atoms with E-state index in [-0.39, 0.29) is 12.4 Å². The van der Waals surface area contributed by atoms with Crippen LogP contribution in [-0.2, 0) is 6.42 Å². The average Bonchev–Trinajstić information content (AvgIpc) is 2.29. The second-order valence-electron chi connectivity index (χ2n) is 4.03. The molecule has 1 atom stereocenters. The lowest BCUT2D eigenvalue weighted by molar-refractivity contribution is 0.397. The van der Waals surface area contributed by atoms with Crippen molar-refractivity contribution in [3.63, 3.8) is 0 Å². The number of benzene rings is 1. The van der Waals surface area contributed by atoms with E-state index in [0.29, 0.717) is 6.04 Å². The van der Waals surface area contributed by atoms with E-state index in [2.05, 4.69) is 30.4 Å². The maximum atomic E-state index is 5.41. The van der Waals surface area contributed by atoms with Gasteiger partial charge in [-0.15, -0.1) is 12.4 Å². The minimum absolute atomic E-state index is 0. The molecule has 0 fully saturated rings.